The van der Waals surface area contributed by atoms with Gasteiger partial charge in [-0.1, -0.05) is 18.6 Å². The summed E-state index contributed by atoms with van der Waals surface area (Å²) in [5.41, 5.74) is 2.18. The first-order valence-corrected chi connectivity index (χ1v) is 6.21. The summed E-state index contributed by atoms with van der Waals surface area (Å²) < 4.78 is 11.0. The maximum absolute atomic E-state index is 12.7. The molecule has 1 aliphatic carbocycles. The number of fused-ring (bicyclic) bond motifs is 1. The highest BCUT2D eigenvalue weighted by atomic mass is 16.7. The summed E-state index contributed by atoms with van der Waals surface area (Å²) in [6.07, 6.45) is 2.09. The van der Waals surface area contributed by atoms with Crippen LogP contribution >= 0.6 is 0 Å². The molecule has 0 N–H and O–H groups in total. The van der Waals surface area contributed by atoms with Gasteiger partial charge in [-0.15, -0.1) is 0 Å². The topological polar surface area (TPSA) is 35.5 Å². The zero-order valence-corrected chi connectivity index (χ0v) is 11.9. The van der Waals surface area contributed by atoms with Gasteiger partial charge in [0.05, 0.1) is 18.1 Å². The molecule has 0 aromatic rings. The largest absolute Gasteiger partial charge is 0.468 e. The molecule has 0 amide bonds. The molecule has 2 atom stereocenters. The minimum atomic E-state index is -0.602. The maximum atomic E-state index is 12.7. The van der Waals surface area contributed by atoms with Gasteiger partial charge < -0.3 is 9.47 Å². The number of ketones is 1. The molecule has 3 nitrogen and oxygen atoms in total. The number of carbonyl (C=O) groups is 1. The van der Waals surface area contributed by atoms with Crippen LogP contribution in [-0.2, 0) is 14.3 Å². The van der Waals surface area contributed by atoms with Crippen LogP contribution in [0.25, 0.3) is 0 Å². The first kappa shape index (κ1) is 12.9. The third-order valence-electron chi connectivity index (χ3n) is 4.32. The molecule has 3 heteroatoms. The van der Waals surface area contributed by atoms with Crippen molar-refractivity contribution in [2.24, 2.45) is 11.3 Å². The molecule has 2 aliphatic rings. The lowest BCUT2D eigenvalue weighted by Gasteiger charge is -2.43. The monoisotopic (exact) mass is 248 g/mol. The van der Waals surface area contributed by atoms with Crippen molar-refractivity contribution >= 4 is 5.78 Å². The molecule has 1 heterocycles. The molecular weight excluding hydrogens is 228 g/mol. The standard InChI is InChI=1S/C15H20O3/c1-8-7-9(2)13-15(5,11(8)4)12(16)10(3)14(17-6)18-13/h7,11H,1-6H3/t11-,15+/m1/s1. The van der Waals surface area contributed by atoms with Crippen molar-refractivity contribution in [3.05, 3.63) is 34.5 Å². The second kappa shape index (κ2) is 4.01. The van der Waals surface area contributed by atoms with Gasteiger partial charge in [-0.2, -0.15) is 0 Å². The number of allylic oxidation sites excluding steroid dienone is 5. The minimum Gasteiger partial charge on any atom is -0.468 e. The zero-order valence-electron chi connectivity index (χ0n) is 11.9. The Morgan fingerprint density at radius 1 is 1.33 bits per heavy atom. The van der Waals surface area contributed by atoms with Crippen LogP contribution in [0.15, 0.2) is 34.5 Å². The molecule has 0 spiro atoms. The normalized spacial score (nSPS) is 32.0. The van der Waals surface area contributed by atoms with E-state index in [0.717, 1.165) is 11.3 Å². The van der Waals surface area contributed by atoms with Crippen molar-refractivity contribution in [2.45, 2.75) is 34.6 Å². The maximum Gasteiger partial charge on any atom is 0.290 e. The van der Waals surface area contributed by atoms with Gasteiger partial charge in [0.2, 0.25) is 0 Å². The Morgan fingerprint density at radius 2 is 1.94 bits per heavy atom. The molecule has 0 saturated heterocycles. The Labute approximate surface area is 108 Å². The lowest BCUT2D eigenvalue weighted by atomic mass is 9.64. The zero-order chi connectivity index (χ0) is 13.7. The Morgan fingerprint density at radius 3 is 2.50 bits per heavy atom. The Hall–Kier alpha value is -1.51. The van der Waals surface area contributed by atoms with Crippen LogP contribution in [0, 0.1) is 11.3 Å². The van der Waals surface area contributed by atoms with Crippen LogP contribution in [0.1, 0.15) is 34.6 Å². The molecule has 0 bridgehead atoms. The number of methoxy groups -OCH3 is 1. The van der Waals surface area contributed by atoms with Crippen molar-refractivity contribution in [2.75, 3.05) is 7.11 Å². The van der Waals surface area contributed by atoms with Gasteiger partial charge in [0, 0.05) is 0 Å². The molecule has 0 aromatic heterocycles. The first-order chi connectivity index (χ1) is 8.33. The van der Waals surface area contributed by atoms with Gasteiger partial charge >= 0.3 is 0 Å². The highest BCUT2D eigenvalue weighted by molar-refractivity contribution is 6.03. The summed E-state index contributed by atoms with van der Waals surface area (Å²) in [4.78, 5) is 12.7. The highest BCUT2D eigenvalue weighted by Gasteiger charge is 2.51. The predicted octanol–water partition coefficient (Wildman–Crippen LogP) is 3.34. The third kappa shape index (κ3) is 1.46. The van der Waals surface area contributed by atoms with Crippen molar-refractivity contribution in [3.63, 3.8) is 0 Å². The van der Waals surface area contributed by atoms with E-state index < -0.39 is 5.41 Å². The Bertz CT molecular complexity index is 508. The van der Waals surface area contributed by atoms with Crippen molar-refractivity contribution in [3.8, 4) is 0 Å². The van der Waals surface area contributed by atoms with Crippen molar-refractivity contribution in [1.29, 1.82) is 0 Å². The van der Waals surface area contributed by atoms with Crippen molar-refractivity contribution < 1.29 is 14.3 Å². The molecule has 0 unspecified atom stereocenters. The lowest BCUT2D eigenvalue weighted by molar-refractivity contribution is -0.129. The number of ether oxygens (including phenoxy) is 2. The third-order valence-corrected chi connectivity index (χ3v) is 4.32. The summed E-state index contributed by atoms with van der Waals surface area (Å²) in [5, 5.41) is 0. The van der Waals surface area contributed by atoms with Crippen LogP contribution in [0.5, 0.6) is 0 Å². The summed E-state index contributed by atoms with van der Waals surface area (Å²) >= 11 is 0. The van der Waals surface area contributed by atoms with Crippen LogP contribution < -0.4 is 0 Å². The van der Waals surface area contributed by atoms with E-state index in [0.29, 0.717) is 11.5 Å². The summed E-state index contributed by atoms with van der Waals surface area (Å²) in [6.45, 7) is 9.84. The predicted molar refractivity (Wildman–Crippen MR) is 69.5 cm³/mol. The lowest BCUT2D eigenvalue weighted by Crippen LogP contribution is -2.43. The highest BCUT2D eigenvalue weighted by Crippen LogP contribution is 2.50. The van der Waals surface area contributed by atoms with E-state index in [2.05, 4.69) is 19.9 Å². The van der Waals surface area contributed by atoms with E-state index in [-0.39, 0.29) is 11.7 Å². The van der Waals surface area contributed by atoms with E-state index in [1.807, 2.05) is 13.8 Å². The molecule has 18 heavy (non-hydrogen) atoms. The first-order valence-electron chi connectivity index (χ1n) is 6.21. The number of carbonyl (C=O) groups excluding carboxylic acids is 1. The van der Waals surface area contributed by atoms with Crippen LogP contribution in [-0.4, -0.2) is 12.9 Å². The van der Waals surface area contributed by atoms with E-state index in [1.54, 1.807) is 6.92 Å². The van der Waals surface area contributed by atoms with Gasteiger partial charge in [-0.3, -0.25) is 4.79 Å². The van der Waals surface area contributed by atoms with Gasteiger partial charge in [0.15, 0.2) is 5.78 Å². The molecule has 0 radical (unpaired) electrons. The van der Waals surface area contributed by atoms with Gasteiger partial charge in [-0.05, 0) is 39.2 Å². The molecule has 1 aliphatic heterocycles. The van der Waals surface area contributed by atoms with E-state index >= 15 is 0 Å². The second-order valence-corrected chi connectivity index (χ2v) is 5.37. The molecule has 98 valence electrons. The molecular formula is C15H20O3. The Balaban J connectivity index is 2.67. The van der Waals surface area contributed by atoms with Gasteiger partial charge in [0.1, 0.15) is 5.76 Å². The molecule has 0 saturated carbocycles. The number of rotatable bonds is 1. The smallest absolute Gasteiger partial charge is 0.290 e. The second-order valence-electron chi connectivity index (χ2n) is 5.37. The van der Waals surface area contributed by atoms with Crippen LogP contribution in [0.2, 0.25) is 0 Å². The Kier molecular flexibility index (Phi) is 2.88. The van der Waals surface area contributed by atoms with Crippen LogP contribution in [0.4, 0.5) is 0 Å². The van der Waals surface area contributed by atoms with Crippen molar-refractivity contribution in [1.82, 2.24) is 0 Å². The van der Waals surface area contributed by atoms with E-state index in [9.17, 15) is 4.79 Å². The molecule has 0 aromatic carbocycles. The van der Waals surface area contributed by atoms with Gasteiger partial charge in [0.25, 0.3) is 5.95 Å². The quantitative estimate of drug-likeness (QED) is 0.714. The molecule has 2 rings (SSSR count). The van der Waals surface area contributed by atoms with Gasteiger partial charge in [-0.25, -0.2) is 0 Å². The SMILES string of the molecule is COC1=C(C)C(=O)[C@@]2(C)C(=C(C)C=C(C)[C@H]2C)O1. The fourth-order valence-corrected chi connectivity index (χ4v) is 2.93. The summed E-state index contributed by atoms with van der Waals surface area (Å²) in [7, 11) is 1.53. The summed E-state index contributed by atoms with van der Waals surface area (Å²) in [5.74, 6) is 1.29. The average molecular weight is 248 g/mol. The summed E-state index contributed by atoms with van der Waals surface area (Å²) in [6, 6.07) is 0. The number of hydrogen-bond donors (Lipinski definition) is 0. The number of hydrogen-bond acceptors (Lipinski definition) is 3. The van der Waals surface area contributed by atoms with E-state index in [4.69, 9.17) is 9.47 Å². The molecule has 0 fully saturated rings. The van der Waals surface area contributed by atoms with E-state index in [1.165, 1.54) is 12.7 Å². The minimum absolute atomic E-state index is 0.0971. The fraction of sp³-hybridized carbons (Fsp3) is 0.533. The number of Topliss-reactive ketones (excluding diaryl/α,β-unsaturated/α-hetero) is 1. The average Bonchev–Trinajstić information content (AvgIpc) is 2.33. The van der Waals surface area contributed by atoms with Crippen LogP contribution in [0.3, 0.4) is 0 Å². The fourth-order valence-electron chi connectivity index (χ4n) is 2.93.